The summed E-state index contributed by atoms with van der Waals surface area (Å²) >= 11 is 5.76. The summed E-state index contributed by atoms with van der Waals surface area (Å²) in [5, 5.41) is 20.0. The number of benzene rings is 1. The Balaban J connectivity index is 2.39. The van der Waals surface area contributed by atoms with Crippen molar-refractivity contribution in [2.45, 2.75) is 0 Å². The lowest BCUT2D eigenvalue weighted by atomic mass is 10.3. The van der Waals surface area contributed by atoms with E-state index in [1.54, 1.807) is 0 Å². The zero-order chi connectivity index (χ0) is 14.7. The van der Waals surface area contributed by atoms with Crippen LogP contribution in [-0.4, -0.2) is 21.0 Å². The van der Waals surface area contributed by atoms with E-state index >= 15 is 0 Å². The molecule has 0 unspecified atom stereocenters. The van der Waals surface area contributed by atoms with Gasteiger partial charge in [-0.25, -0.2) is 9.78 Å². The van der Waals surface area contributed by atoms with Crippen molar-refractivity contribution in [2.24, 2.45) is 0 Å². The van der Waals surface area contributed by atoms with Crippen molar-refractivity contribution < 1.29 is 19.6 Å². The molecular weight excluding hydrogens is 288 g/mol. The number of nitro benzene ring substituents is 1. The van der Waals surface area contributed by atoms with Gasteiger partial charge in [-0.05, 0) is 12.1 Å². The Labute approximate surface area is 117 Å². The van der Waals surface area contributed by atoms with Gasteiger partial charge in [-0.3, -0.25) is 10.1 Å². The summed E-state index contributed by atoms with van der Waals surface area (Å²) in [7, 11) is 0. The van der Waals surface area contributed by atoms with Gasteiger partial charge >= 0.3 is 11.7 Å². The molecule has 20 heavy (non-hydrogen) atoms. The molecule has 0 atom stereocenters. The zero-order valence-corrected chi connectivity index (χ0v) is 10.6. The lowest BCUT2D eigenvalue weighted by molar-refractivity contribution is -0.385. The van der Waals surface area contributed by atoms with Crippen LogP contribution in [0.5, 0.6) is 11.5 Å². The quantitative estimate of drug-likeness (QED) is 0.686. The fraction of sp³-hybridized carbons (Fsp3) is 0. The number of hydrogen-bond acceptors (Lipinski definition) is 5. The zero-order valence-electron chi connectivity index (χ0n) is 9.82. The molecular formula is C12H7ClN2O5. The molecule has 0 aliphatic heterocycles. The first-order valence-corrected chi connectivity index (χ1v) is 5.66. The van der Waals surface area contributed by atoms with Crippen LogP contribution in [0.2, 0.25) is 5.02 Å². The molecule has 0 radical (unpaired) electrons. The summed E-state index contributed by atoms with van der Waals surface area (Å²) in [5.74, 6) is -1.19. The lowest BCUT2D eigenvalue weighted by Crippen LogP contribution is -2.00. The average Bonchev–Trinajstić information content (AvgIpc) is 2.38. The summed E-state index contributed by atoms with van der Waals surface area (Å²) < 4.78 is 5.31. The number of aromatic carboxylic acids is 1. The van der Waals surface area contributed by atoms with Crippen molar-refractivity contribution in [2.75, 3.05) is 0 Å². The molecule has 0 spiro atoms. The summed E-state index contributed by atoms with van der Waals surface area (Å²) in [4.78, 5) is 24.7. The molecule has 102 valence electrons. The molecule has 2 aromatic rings. The first-order valence-electron chi connectivity index (χ1n) is 5.28. The van der Waals surface area contributed by atoms with E-state index in [9.17, 15) is 14.9 Å². The lowest BCUT2D eigenvalue weighted by Gasteiger charge is -2.07. The Hall–Kier alpha value is -2.67. The first-order chi connectivity index (χ1) is 9.47. The SMILES string of the molecule is O=C(O)c1cc(Oc2cc(Cl)ccc2[N+](=O)[O-])ccn1. The third-order valence-corrected chi connectivity index (χ3v) is 2.53. The Morgan fingerprint density at radius 1 is 1.35 bits per heavy atom. The summed E-state index contributed by atoms with van der Waals surface area (Å²) in [6.45, 7) is 0. The molecule has 1 aromatic carbocycles. The number of rotatable bonds is 4. The summed E-state index contributed by atoms with van der Waals surface area (Å²) in [5.41, 5.74) is -0.504. The van der Waals surface area contributed by atoms with Crippen LogP contribution < -0.4 is 4.74 Å². The number of hydrogen-bond donors (Lipinski definition) is 1. The first kappa shape index (κ1) is 13.8. The van der Waals surface area contributed by atoms with Crippen LogP contribution in [0.3, 0.4) is 0 Å². The van der Waals surface area contributed by atoms with Gasteiger partial charge in [0.2, 0.25) is 5.75 Å². The van der Waals surface area contributed by atoms with E-state index in [4.69, 9.17) is 21.4 Å². The Kier molecular flexibility index (Phi) is 3.81. The van der Waals surface area contributed by atoms with Gasteiger partial charge < -0.3 is 9.84 Å². The van der Waals surface area contributed by atoms with Crippen molar-refractivity contribution >= 4 is 23.3 Å². The average molecular weight is 295 g/mol. The van der Waals surface area contributed by atoms with Crippen molar-refractivity contribution in [3.63, 3.8) is 0 Å². The van der Waals surface area contributed by atoms with Crippen LogP contribution in [0, 0.1) is 10.1 Å². The monoisotopic (exact) mass is 294 g/mol. The van der Waals surface area contributed by atoms with Crippen LogP contribution in [0.25, 0.3) is 0 Å². The predicted octanol–water partition coefficient (Wildman–Crippen LogP) is 3.13. The number of carboxylic acid groups (broad SMARTS) is 1. The Bertz CT molecular complexity index is 689. The second kappa shape index (κ2) is 5.54. The highest BCUT2D eigenvalue weighted by Crippen LogP contribution is 2.33. The van der Waals surface area contributed by atoms with Crippen molar-refractivity contribution in [1.29, 1.82) is 0 Å². The Morgan fingerprint density at radius 3 is 2.75 bits per heavy atom. The van der Waals surface area contributed by atoms with Crippen LogP contribution in [0.4, 0.5) is 5.69 Å². The minimum absolute atomic E-state index is 0.0787. The minimum Gasteiger partial charge on any atom is -0.477 e. The third kappa shape index (κ3) is 3.01. The highest BCUT2D eigenvalue weighted by atomic mass is 35.5. The molecule has 0 bridgehead atoms. The van der Waals surface area contributed by atoms with Crippen LogP contribution in [0.1, 0.15) is 10.5 Å². The maximum absolute atomic E-state index is 10.9. The van der Waals surface area contributed by atoms with E-state index < -0.39 is 10.9 Å². The van der Waals surface area contributed by atoms with Crippen molar-refractivity contribution in [3.8, 4) is 11.5 Å². The minimum atomic E-state index is -1.23. The molecule has 8 heteroatoms. The fourth-order valence-corrected chi connectivity index (χ4v) is 1.60. The normalized spacial score (nSPS) is 10.1. The standard InChI is InChI=1S/C12H7ClN2O5/c13-7-1-2-10(15(18)19)11(5-7)20-8-3-4-14-9(6-8)12(16)17/h1-6H,(H,16,17). The number of aromatic nitrogens is 1. The summed E-state index contributed by atoms with van der Waals surface area (Å²) in [6, 6.07) is 6.39. The van der Waals surface area contributed by atoms with Gasteiger partial charge in [0.1, 0.15) is 5.75 Å². The van der Waals surface area contributed by atoms with Crippen LogP contribution in [-0.2, 0) is 0 Å². The molecule has 7 nitrogen and oxygen atoms in total. The molecule has 0 amide bonds. The molecule has 2 rings (SSSR count). The number of carboxylic acids is 1. The van der Waals surface area contributed by atoms with E-state index in [2.05, 4.69) is 4.98 Å². The van der Waals surface area contributed by atoms with E-state index in [1.807, 2.05) is 0 Å². The molecule has 1 heterocycles. The highest BCUT2D eigenvalue weighted by Gasteiger charge is 2.17. The number of carbonyl (C=O) groups is 1. The van der Waals surface area contributed by atoms with E-state index in [0.29, 0.717) is 0 Å². The summed E-state index contributed by atoms with van der Waals surface area (Å²) in [6.07, 6.45) is 1.23. The molecule has 1 N–H and O–H groups in total. The molecule has 0 aliphatic carbocycles. The fourth-order valence-electron chi connectivity index (χ4n) is 1.44. The maximum atomic E-state index is 10.9. The molecule has 0 saturated carbocycles. The molecule has 0 fully saturated rings. The number of nitrogens with zero attached hydrogens (tertiary/aromatic N) is 2. The number of nitro groups is 1. The van der Waals surface area contributed by atoms with E-state index in [-0.39, 0.29) is 27.9 Å². The Morgan fingerprint density at radius 2 is 2.10 bits per heavy atom. The van der Waals surface area contributed by atoms with Crippen LogP contribution in [0.15, 0.2) is 36.5 Å². The largest absolute Gasteiger partial charge is 0.477 e. The number of halogens is 1. The van der Waals surface area contributed by atoms with Crippen molar-refractivity contribution in [3.05, 3.63) is 57.4 Å². The van der Waals surface area contributed by atoms with E-state index in [1.165, 1.54) is 30.5 Å². The van der Waals surface area contributed by atoms with Gasteiger partial charge in [-0.2, -0.15) is 0 Å². The van der Waals surface area contributed by atoms with Gasteiger partial charge in [-0.1, -0.05) is 11.6 Å². The number of ether oxygens (including phenoxy) is 1. The number of pyridine rings is 1. The predicted molar refractivity (Wildman–Crippen MR) is 69.4 cm³/mol. The van der Waals surface area contributed by atoms with Crippen LogP contribution >= 0.6 is 11.6 Å². The third-order valence-electron chi connectivity index (χ3n) is 2.30. The van der Waals surface area contributed by atoms with Gasteiger partial charge in [-0.15, -0.1) is 0 Å². The molecule has 1 aromatic heterocycles. The van der Waals surface area contributed by atoms with Gasteiger partial charge in [0.25, 0.3) is 0 Å². The van der Waals surface area contributed by atoms with Gasteiger partial charge in [0.05, 0.1) is 4.92 Å². The van der Waals surface area contributed by atoms with Gasteiger partial charge in [0.15, 0.2) is 5.69 Å². The highest BCUT2D eigenvalue weighted by molar-refractivity contribution is 6.30. The molecule has 0 saturated heterocycles. The maximum Gasteiger partial charge on any atom is 0.354 e. The second-order valence-electron chi connectivity index (χ2n) is 3.65. The second-order valence-corrected chi connectivity index (χ2v) is 4.09. The van der Waals surface area contributed by atoms with Gasteiger partial charge in [0, 0.05) is 29.4 Å². The molecule has 0 aliphatic rings. The van der Waals surface area contributed by atoms with Crippen molar-refractivity contribution in [1.82, 2.24) is 4.98 Å². The topological polar surface area (TPSA) is 103 Å². The smallest absolute Gasteiger partial charge is 0.354 e. The van der Waals surface area contributed by atoms with E-state index in [0.717, 1.165) is 6.07 Å².